The zero-order valence-corrected chi connectivity index (χ0v) is 15.0. The number of nitrogens with zero attached hydrogens (tertiary/aromatic N) is 4. The number of nitrogen functional groups attached to an aromatic ring is 1. The number of hydrogen-bond acceptors (Lipinski definition) is 5. The number of carbonyl (C=O) groups excluding carboxylic acids is 1. The van der Waals surface area contributed by atoms with E-state index in [0.29, 0.717) is 11.5 Å². The highest BCUT2D eigenvalue weighted by molar-refractivity contribution is 6.04. The lowest BCUT2D eigenvalue weighted by Crippen LogP contribution is -2.27. The van der Waals surface area contributed by atoms with Gasteiger partial charge in [0.05, 0.1) is 17.2 Å². The Balaban J connectivity index is 1.73. The number of nitrogens with two attached hydrogens (primary N) is 1. The van der Waals surface area contributed by atoms with Crippen LogP contribution in [-0.2, 0) is 0 Å². The van der Waals surface area contributed by atoms with Crippen LogP contribution in [0.3, 0.4) is 0 Å². The predicted octanol–water partition coefficient (Wildman–Crippen LogP) is 3.19. The molecule has 2 aromatic carbocycles. The zero-order chi connectivity index (χ0) is 19.0. The Morgan fingerprint density at radius 3 is 2.67 bits per heavy atom. The first-order valence-corrected chi connectivity index (χ1v) is 8.45. The van der Waals surface area contributed by atoms with Gasteiger partial charge in [-0.2, -0.15) is 0 Å². The van der Waals surface area contributed by atoms with Crippen LogP contribution in [0.2, 0.25) is 0 Å². The van der Waals surface area contributed by atoms with Crippen molar-refractivity contribution in [2.75, 3.05) is 17.7 Å². The van der Waals surface area contributed by atoms with Gasteiger partial charge >= 0.3 is 0 Å². The summed E-state index contributed by atoms with van der Waals surface area (Å²) in [6.45, 7) is 2.01. The Morgan fingerprint density at radius 1 is 1.11 bits per heavy atom. The number of rotatable bonds is 3. The van der Waals surface area contributed by atoms with Crippen LogP contribution in [0.25, 0.3) is 22.6 Å². The highest BCUT2D eigenvalue weighted by Gasteiger charge is 2.19. The number of imidazole rings is 1. The van der Waals surface area contributed by atoms with Crippen molar-refractivity contribution < 1.29 is 4.79 Å². The summed E-state index contributed by atoms with van der Waals surface area (Å²) in [5, 5.41) is 0. The second-order valence-electron chi connectivity index (χ2n) is 6.29. The van der Waals surface area contributed by atoms with E-state index < -0.39 is 0 Å². The van der Waals surface area contributed by atoms with Gasteiger partial charge in [-0.3, -0.25) is 4.79 Å². The average Bonchev–Trinajstić information content (AvgIpc) is 3.10. The van der Waals surface area contributed by atoms with Crippen molar-refractivity contribution in [1.82, 2.24) is 19.9 Å². The molecule has 0 saturated carbocycles. The van der Waals surface area contributed by atoms with Gasteiger partial charge in [0.2, 0.25) is 0 Å². The summed E-state index contributed by atoms with van der Waals surface area (Å²) in [6, 6.07) is 15.2. The summed E-state index contributed by atoms with van der Waals surface area (Å²) < 4.78 is 0. The van der Waals surface area contributed by atoms with E-state index in [1.165, 1.54) is 11.1 Å². The lowest BCUT2D eigenvalue weighted by molar-refractivity contribution is 0.0988. The molecule has 4 rings (SSSR count). The molecular formula is C20H18N6O. The van der Waals surface area contributed by atoms with E-state index in [1.54, 1.807) is 7.05 Å². The fraction of sp³-hybridized carbons (Fsp3) is 0.100. The van der Waals surface area contributed by atoms with Crippen LogP contribution in [0, 0.1) is 6.92 Å². The fourth-order valence-corrected chi connectivity index (χ4v) is 2.85. The van der Waals surface area contributed by atoms with Crippen molar-refractivity contribution >= 4 is 28.4 Å². The Kier molecular flexibility index (Phi) is 4.04. The van der Waals surface area contributed by atoms with Crippen molar-refractivity contribution in [3.63, 3.8) is 0 Å². The second-order valence-corrected chi connectivity index (χ2v) is 6.29. The first-order valence-electron chi connectivity index (χ1n) is 8.45. The molecule has 0 saturated heterocycles. The second kappa shape index (κ2) is 6.53. The normalized spacial score (nSPS) is 10.9. The Hall–Kier alpha value is -3.74. The molecule has 0 spiro atoms. The van der Waals surface area contributed by atoms with Crippen molar-refractivity contribution in [3.8, 4) is 11.5 Å². The molecule has 0 unspecified atom stereocenters. The van der Waals surface area contributed by atoms with E-state index in [0.717, 1.165) is 22.3 Å². The van der Waals surface area contributed by atoms with Gasteiger partial charge in [0.15, 0.2) is 11.6 Å². The smallest absolute Gasteiger partial charge is 0.278 e. The molecule has 2 aromatic heterocycles. The van der Waals surface area contributed by atoms with Crippen LogP contribution in [0.1, 0.15) is 16.1 Å². The first kappa shape index (κ1) is 16.7. The molecule has 134 valence electrons. The summed E-state index contributed by atoms with van der Waals surface area (Å²) in [5.74, 6) is 0.421. The lowest BCUT2D eigenvalue weighted by Gasteiger charge is -2.16. The maximum absolute atomic E-state index is 12.8. The molecule has 0 radical (unpaired) electrons. The van der Waals surface area contributed by atoms with Gasteiger partial charge in [-0.1, -0.05) is 24.3 Å². The molecule has 27 heavy (non-hydrogen) atoms. The van der Waals surface area contributed by atoms with Gasteiger partial charge in [0.1, 0.15) is 11.4 Å². The van der Waals surface area contributed by atoms with E-state index in [1.807, 2.05) is 55.5 Å². The lowest BCUT2D eigenvalue weighted by atomic mass is 10.2. The third-order valence-corrected chi connectivity index (χ3v) is 4.33. The van der Waals surface area contributed by atoms with Gasteiger partial charge in [-0.15, -0.1) is 0 Å². The molecule has 0 aliphatic rings. The van der Waals surface area contributed by atoms with E-state index in [-0.39, 0.29) is 17.4 Å². The number of amides is 1. The molecule has 7 heteroatoms. The number of aryl methyl sites for hydroxylation is 1. The number of aromatic amines is 1. The molecule has 0 bridgehead atoms. The SMILES string of the molecule is Cc1ccc2nc(-c3nc(C(=O)N(C)c4ccccc4)cnc3N)[nH]c2c1. The van der Waals surface area contributed by atoms with Crippen LogP contribution in [0.4, 0.5) is 11.5 Å². The number of nitrogens with one attached hydrogen (secondary N) is 1. The van der Waals surface area contributed by atoms with Gasteiger partial charge in [0.25, 0.3) is 5.91 Å². The van der Waals surface area contributed by atoms with E-state index >= 15 is 0 Å². The zero-order valence-electron chi connectivity index (χ0n) is 15.0. The molecule has 7 nitrogen and oxygen atoms in total. The van der Waals surface area contributed by atoms with E-state index in [2.05, 4.69) is 19.9 Å². The molecule has 4 aromatic rings. The standard InChI is InChI=1S/C20H18N6O/c1-12-8-9-14-15(10-12)25-19(24-14)17-18(21)22-11-16(23-17)20(27)26(2)13-6-4-3-5-7-13/h3-11H,1-2H3,(H2,21,22)(H,24,25). The molecule has 0 atom stereocenters. The maximum atomic E-state index is 12.8. The largest absolute Gasteiger partial charge is 0.382 e. The predicted molar refractivity (Wildman–Crippen MR) is 105 cm³/mol. The van der Waals surface area contributed by atoms with Crippen LogP contribution >= 0.6 is 0 Å². The molecule has 0 fully saturated rings. The minimum absolute atomic E-state index is 0.196. The Bertz CT molecular complexity index is 1140. The van der Waals surface area contributed by atoms with Crippen LogP contribution in [0.5, 0.6) is 0 Å². The molecule has 0 aliphatic heterocycles. The van der Waals surface area contributed by atoms with Gasteiger partial charge in [0, 0.05) is 12.7 Å². The van der Waals surface area contributed by atoms with Crippen molar-refractivity contribution in [1.29, 1.82) is 0 Å². The third-order valence-electron chi connectivity index (χ3n) is 4.33. The highest BCUT2D eigenvalue weighted by atomic mass is 16.2. The molecule has 0 aliphatic carbocycles. The number of H-pyrrole nitrogens is 1. The summed E-state index contributed by atoms with van der Waals surface area (Å²) >= 11 is 0. The molecule has 2 heterocycles. The summed E-state index contributed by atoms with van der Waals surface area (Å²) in [6.07, 6.45) is 1.38. The van der Waals surface area contributed by atoms with Gasteiger partial charge < -0.3 is 15.6 Å². The minimum atomic E-state index is -0.276. The number of fused-ring (bicyclic) bond motifs is 1. The number of hydrogen-bond donors (Lipinski definition) is 2. The average molecular weight is 358 g/mol. The number of benzene rings is 2. The summed E-state index contributed by atoms with van der Waals surface area (Å²) in [5.41, 5.74) is 10.1. The van der Waals surface area contributed by atoms with Crippen LogP contribution in [-0.4, -0.2) is 32.9 Å². The number of aromatic nitrogens is 4. The Morgan fingerprint density at radius 2 is 1.89 bits per heavy atom. The third kappa shape index (κ3) is 3.10. The quantitative estimate of drug-likeness (QED) is 0.586. The van der Waals surface area contributed by atoms with Gasteiger partial charge in [-0.05, 0) is 36.8 Å². The monoisotopic (exact) mass is 358 g/mol. The van der Waals surface area contributed by atoms with Crippen LogP contribution < -0.4 is 10.6 Å². The number of carbonyl (C=O) groups is 1. The van der Waals surface area contributed by atoms with Crippen molar-refractivity contribution in [2.45, 2.75) is 6.92 Å². The fourth-order valence-electron chi connectivity index (χ4n) is 2.85. The Labute approximate surface area is 155 Å². The van der Waals surface area contributed by atoms with Crippen molar-refractivity contribution in [3.05, 3.63) is 66.0 Å². The topological polar surface area (TPSA) is 101 Å². The molecule has 1 amide bonds. The number of anilines is 2. The highest BCUT2D eigenvalue weighted by Crippen LogP contribution is 2.24. The van der Waals surface area contributed by atoms with Gasteiger partial charge in [-0.25, -0.2) is 15.0 Å². The minimum Gasteiger partial charge on any atom is -0.382 e. The maximum Gasteiger partial charge on any atom is 0.278 e. The molecule has 3 N–H and O–H groups in total. The molecular weight excluding hydrogens is 340 g/mol. The van der Waals surface area contributed by atoms with E-state index in [9.17, 15) is 4.79 Å². The van der Waals surface area contributed by atoms with Crippen LogP contribution in [0.15, 0.2) is 54.7 Å². The summed E-state index contributed by atoms with van der Waals surface area (Å²) in [7, 11) is 1.69. The number of para-hydroxylation sites is 1. The first-order chi connectivity index (χ1) is 13.0. The summed E-state index contributed by atoms with van der Waals surface area (Å²) in [4.78, 5) is 30.6. The van der Waals surface area contributed by atoms with E-state index in [4.69, 9.17) is 5.73 Å². The van der Waals surface area contributed by atoms with Crippen molar-refractivity contribution in [2.24, 2.45) is 0 Å².